The predicted octanol–water partition coefficient (Wildman–Crippen LogP) is 1.38. The van der Waals surface area contributed by atoms with E-state index in [2.05, 4.69) is 10.0 Å². The third kappa shape index (κ3) is 3.31. The minimum Gasteiger partial charge on any atom is -0.315 e. The van der Waals surface area contributed by atoms with E-state index in [1.807, 2.05) is 6.92 Å². The van der Waals surface area contributed by atoms with Crippen LogP contribution in [0.15, 0.2) is 17.0 Å². The van der Waals surface area contributed by atoms with Gasteiger partial charge in [0.2, 0.25) is 10.0 Å². The van der Waals surface area contributed by atoms with Crippen LogP contribution in [0.3, 0.4) is 0 Å². The first kappa shape index (κ1) is 15.3. The number of piperidine rings is 1. The van der Waals surface area contributed by atoms with E-state index in [0.717, 1.165) is 6.54 Å². The van der Waals surface area contributed by atoms with E-state index in [1.165, 1.54) is 0 Å². The van der Waals surface area contributed by atoms with Gasteiger partial charge in [0.05, 0.1) is 0 Å². The molecule has 1 fully saturated rings. The SMILES string of the molecule is CC1CNCC(NS(=O)(=O)c2c(F)cc(F)cc2F)C1. The Hall–Kier alpha value is -1.12. The molecule has 1 aromatic rings. The molecule has 8 heteroatoms. The zero-order chi connectivity index (χ0) is 14.9. The molecular weight excluding hydrogens is 293 g/mol. The number of halogens is 3. The predicted molar refractivity (Wildman–Crippen MR) is 67.1 cm³/mol. The van der Waals surface area contributed by atoms with Crippen molar-refractivity contribution in [2.75, 3.05) is 13.1 Å². The molecule has 1 aliphatic rings. The van der Waals surface area contributed by atoms with Crippen molar-refractivity contribution in [3.63, 3.8) is 0 Å². The third-order valence-corrected chi connectivity index (χ3v) is 4.70. The van der Waals surface area contributed by atoms with Gasteiger partial charge in [-0.05, 0) is 18.9 Å². The molecule has 0 spiro atoms. The monoisotopic (exact) mass is 308 g/mol. The van der Waals surface area contributed by atoms with Crippen LogP contribution in [-0.4, -0.2) is 27.5 Å². The maximum absolute atomic E-state index is 13.5. The lowest BCUT2D eigenvalue weighted by Crippen LogP contribution is -2.48. The summed E-state index contributed by atoms with van der Waals surface area (Å²) in [5, 5.41) is 3.02. The van der Waals surface area contributed by atoms with E-state index in [0.29, 0.717) is 25.1 Å². The van der Waals surface area contributed by atoms with Gasteiger partial charge in [-0.25, -0.2) is 26.3 Å². The fraction of sp³-hybridized carbons (Fsp3) is 0.500. The van der Waals surface area contributed by atoms with E-state index in [4.69, 9.17) is 0 Å². The second-order valence-corrected chi connectivity index (χ2v) is 6.67. The molecule has 0 bridgehead atoms. The molecule has 2 N–H and O–H groups in total. The van der Waals surface area contributed by atoms with Crippen molar-refractivity contribution >= 4 is 10.0 Å². The highest BCUT2D eigenvalue weighted by Crippen LogP contribution is 2.21. The first-order valence-corrected chi connectivity index (χ1v) is 7.65. The number of rotatable bonds is 3. The maximum Gasteiger partial charge on any atom is 0.246 e. The van der Waals surface area contributed by atoms with Gasteiger partial charge in [0.15, 0.2) is 4.90 Å². The highest BCUT2D eigenvalue weighted by molar-refractivity contribution is 7.89. The number of sulfonamides is 1. The smallest absolute Gasteiger partial charge is 0.246 e. The largest absolute Gasteiger partial charge is 0.315 e. The van der Waals surface area contributed by atoms with Gasteiger partial charge in [-0.2, -0.15) is 0 Å². The van der Waals surface area contributed by atoms with Gasteiger partial charge >= 0.3 is 0 Å². The summed E-state index contributed by atoms with van der Waals surface area (Å²) in [5.41, 5.74) is 0. The van der Waals surface area contributed by atoms with Crippen LogP contribution in [0.2, 0.25) is 0 Å². The van der Waals surface area contributed by atoms with Crippen molar-refractivity contribution < 1.29 is 21.6 Å². The van der Waals surface area contributed by atoms with Crippen molar-refractivity contribution in [3.05, 3.63) is 29.6 Å². The van der Waals surface area contributed by atoms with Gasteiger partial charge in [-0.3, -0.25) is 0 Å². The minimum atomic E-state index is -4.37. The quantitative estimate of drug-likeness (QED) is 0.887. The standard InChI is InChI=1S/C12H15F3N2O2S/c1-7-2-9(6-16-5-7)17-20(18,19)12-10(14)3-8(13)4-11(12)15/h3-4,7,9,16-17H,2,5-6H2,1H3. The Bertz CT molecular complexity index is 584. The summed E-state index contributed by atoms with van der Waals surface area (Å²) < 4.78 is 66.1. The summed E-state index contributed by atoms with van der Waals surface area (Å²) in [6.45, 7) is 3.08. The topological polar surface area (TPSA) is 58.2 Å². The van der Waals surface area contributed by atoms with Gasteiger partial charge in [-0.15, -0.1) is 0 Å². The van der Waals surface area contributed by atoms with Gasteiger partial charge in [0, 0.05) is 24.7 Å². The molecular formula is C12H15F3N2O2S. The second kappa shape index (κ2) is 5.71. The molecule has 1 aromatic carbocycles. The zero-order valence-corrected chi connectivity index (χ0v) is 11.6. The Balaban J connectivity index is 2.27. The fourth-order valence-corrected chi connectivity index (χ4v) is 3.68. The number of hydrogen-bond acceptors (Lipinski definition) is 3. The van der Waals surface area contributed by atoms with E-state index in [9.17, 15) is 21.6 Å². The molecule has 1 heterocycles. The third-order valence-electron chi connectivity index (χ3n) is 3.12. The Morgan fingerprint density at radius 2 is 1.80 bits per heavy atom. The van der Waals surface area contributed by atoms with Crippen molar-refractivity contribution in [2.24, 2.45) is 5.92 Å². The van der Waals surface area contributed by atoms with Crippen LogP contribution in [0.1, 0.15) is 13.3 Å². The molecule has 2 atom stereocenters. The van der Waals surface area contributed by atoms with E-state index in [1.54, 1.807) is 0 Å². The number of benzene rings is 1. The average Bonchev–Trinajstić information content (AvgIpc) is 2.25. The molecule has 0 aromatic heterocycles. The highest BCUT2D eigenvalue weighted by Gasteiger charge is 2.29. The average molecular weight is 308 g/mol. The first-order chi connectivity index (χ1) is 9.29. The minimum absolute atomic E-state index is 0.249. The second-order valence-electron chi connectivity index (χ2n) is 5.02. The van der Waals surface area contributed by atoms with Crippen LogP contribution in [0, 0.1) is 23.4 Å². The van der Waals surface area contributed by atoms with Gasteiger partial charge in [-0.1, -0.05) is 6.92 Å². The van der Waals surface area contributed by atoms with Crippen LogP contribution in [0.25, 0.3) is 0 Å². The summed E-state index contributed by atoms with van der Waals surface area (Å²) in [4.78, 5) is -1.14. The Kier molecular flexibility index (Phi) is 4.36. The molecule has 0 radical (unpaired) electrons. The van der Waals surface area contributed by atoms with Gasteiger partial charge < -0.3 is 5.32 Å². The molecule has 0 saturated carbocycles. The van der Waals surface area contributed by atoms with E-state index >= 15 is 0 Å². The summed E-state index contributed by atoms with van der Waals surface area (Å²) in [7, 11) is -4.37. The van der Waals surface area contributed by atoms with E-state index < -0.39 is 38.4 Å². The zero-order valence-electron chi connectivity index (χ0n) is 10.8. The molecule has 1 aliphatic heterocycles. The molecule has 0 amide bonds. The van der Waals surface area contributed by atoms with Crippen molar-refractivity contribution in [3.8, 4) is 0 Å². The maximum atomic E-state index is 13.5. The van der Waals surface area contributed by atoms with Crippen LogP contribution in [-0.2, 0) is 10.0 Å². The molecule has 4 nitrogen and oxygen atoms in total. The molecule has 20 heavy (non-hydrogen) atoms. The lowest BCUT2D eigenvalue weighted by Gasteiger charge is -2.28. The summed E-state index contributed by atoms with van der Waals surface area (Å²) in [6, 6.07) is 0.242. The summed E-state index contributed by atoms with van der Waals surface area (Å²) in [5.74, 6) is -3.79. The molecule has 2 rings (SSSR count). The van der Waals surface area contributed by atoms with E-state index in [-0.39, 0.29) is 5.92 Å². The van der Waals surface area contributed by atoms with Crippen LogP contribution in [0.5, 0.6) is 0 Å². The van der Waals surface area contributed by atoms with Crippen molar-refractivity contribution in [1.82, 2.24) is 10.0 Å². The summed E-state index contributed by atoms with van der Waals surface area (Å²) in [6.07, 6.45) is 0.566. The lowest BCUT2D eigenvalue weighted by molar-refractivity contribution is 0.345. The van der Waals surface area contributed by atoms with Crippen LogP contribution >= 0.6 is 0 Å². The fourth-order valence-electron chi connectivity index (χ4n) is 2.31. The lowest BCUT2D eigenvalue weighted by atomic mass is 9.99. The molecule has 0 aliphatic carbocycles. The Morgan fingerprint density at radius 3 is 2.35 bits per heavy atom. The molecule has 112 valence electrons. The van der Waals surface area contributed by atoms with Crippen molar-refractivity contribution in [1.29, 1.82) is 0 Å². The Labute approximate surface area is 115 Å². The van der Waals surface area contributed by atoms with Gasteiger partial charge in [0.25, 0.3) is 0 Å². The number of nitrogens with one attached hydrogen (secondary N) is 2. The van der Waals surface area contributed by atoms with Crippen LogP contribution in [0.4, 0.5) is 13.2 Å². The first-order valence-electron chi connectivity index (χ1n) is 6.17. The highest BCUT2D eigenvalue weighted by atomic mass is 32.2. The van der Waals surface area contributed by atoms with Gasteiger partial charge in [0.1, 0.15) is 17.5 Å². The Morgan fingerprint density at radius 1 is 1.20 bits per heavy atom. The normalized spacial score (nSPS) is 23.8. The van der Waals surface area contributed by atoms with Crippen LogP contribution < -0.4 is 10.0 Å². The van der Waals surface area contributed by atoms with Crippen molar-refractivity contribution in [2.45, 2.75) is 24.3 Å². The number of hydrogen-bond donors (Lipinski definition) is 2. The molecule has 2 unspecified atom stereocenters. The summed E-state index contributed by atoms with van der Waals surface area (Å²) >= 11 is 0. The molecule has 1 saturated heterocycles.